The first kappa shape index (κ1) is 24.6. The molecule has 2 bridgehead atoms. The molecule has 0 spiro atoms. The Hall–Kier alpha value is -3.47. The predicted molar refractivity (Wildman–Crippen MR) is 121 cm³/mol. The number of hydrogen-bond acceptors (Lipinski definition) is 8. The third-order valence-electron chi connectivity index (χ3n) is 6.29. The van der Waals surface area contributed by atoms with E-state index in [-0.39, 0.29) is 48.1 Å². The third-order valence-corrected chi connectivity index (χ3v) is 6.60. The molecule has 3 aliphatic rings. The largest absolute Gasteiger partial charge is 0.484 e. The zero-order chi connectivity index (χ0) is 25.1. The SMILES string of the molecule is COc1ncc(OCC(=O)NC23CCC(NC(=O)COc4ccc(Cl)c(F)c4)(CC2)C(=O)C3)cn1. The number of aromatic nitrogens is 2. The molecule has 12 heteroatoms. The van der Waals surface area contributed by atoms with Crippen LogP contribution in [0.1, 0.15) is 32.1 Å². The zero-order valence-electron chi connectivity index (χ0n) is 18.9. The molecule has 0 radical (unpaired) electrons. The molecular weight excluding hydrogens is 483 g/mol. The van der Waals surface area contributed by atoms with Gasteiger partial charge in [0.2, 0.25) is 0 Å². The summed E-state index contributed by atoms with van der Waals surface area (Å²) in [4.78, 5) is 45.7. The number of nitrogens with zero attached hydrogens (tertiary/aromatic N) is 2. The van der Waals surface area contributed by atoms with E-state index in [9.17, 15) is 18.8 Å². The maximum Gasteiger partial charge on any atom is 0.316 e. The van der Waals surface area contributed by atoms with Crippen LogP contribution in [-0.4, -0.2) is 59.0 Å². The van der Waals surface area contributed by atoms with Crippen LogP contribution < -0.4 is 24.8 Å². The highest BCUT2D eigenvalue weighted by Crippen LogP contribution is 2.44. The number of halogens is 2. The van der Waals surface area contributed by atoms with Crippen LogP contribution in [0.3, 0.4) is 0 Å². The van der Waals surface area contributed by atoms with Gasteiger partial charge < -0.3 is 24.8 Å². The highest BCUT2D eigenvalue weighted by atomic mass is 35.5. The lowest BCUT2D eigenvalue weighted by Gasteiger charge is -2.52. The molecule has 3 aliphatic carbocycles. The molecule has 2 N–H and O–H groups in total. The van der Waals surface area contributed by atoms with Crippen molar-refractivity contribution in [2.75, 3.05) is 20.3 Å². The summed E-state index contributed by atoms with van der Waals surface area (Å²) < 4.78 is 29.1. The number of ether oxygens (including phenoxy) is 3. The number of benzene rings is 1. The van der Waals surface area contributed by atoms with E-state index in [1.54, 1.807) is 0 Å². The van der Waals surface area contributed by atoms with Crippen molar-refractivity contribution in [2.24, 2.45) is 0 Å². The van der Waals surface area contributed by atoms with Crippen LogP contribution in [0.15, 0.2) is 30.6 Å². The molecule has 3 saturated carbocycles. The first-order valence-corrected chi connectivity index (χ1v) is 11.3. The standard InChI is InChI=1S/C23H24ClFN4O6/c1-33-21-26-10-15(11-27-21)35-12-19(31)28-22-4-6-23(7-5-22,18(30)9-22)29-20(32)13-34-14-2-3-16(24)17(25)8-14/h2-3,8,10-11H,4-7,9,12-13H2,1H3,(H,28,31)(H,29,32). The predicted octanol–water partition coefficient (Wildman–Crippen LogP) is 1.99. The molecule has 35 heavy (non-hydrogen) atoms. The van der Waals surface area contributed by atoms with Crippen molar-refractivity contribution in [3.8, 4) is 17.5 Å². The summed E-state index contributed by atoms with van der Waals surface area (Å²) in [5, 5.41) is 5.69. The minimum absolute atomic E-state index is 0.0485. The Morgan fingerprint density at radius 1 is 1.03 bits per heavy atom. The fraction of sp³-hybridized carbons (Fsp3) is 0.435. The van der Waals surface area contributed by atoms with Crippen molar-refractivity contribution in [3.05, 3.63) is 41.4 Å². The lowest BCUT2D eigenvalue weighted by Crippen LogP contribution is -2.69. The van der Waals surface area contributed by atoms with Gasteiger partial charge in [0.25, 0.3) is 11.8 Å². The first-order chi connectivity index (χ1) is 16.7. The summed E-state index contributed by atoms with van der Waals surface area (Å²) >= 11 is 5.64. The highest BCUT2D eigenvalue weighted by Gasteiger charge is 2.55. The minimum Gasteiger partial charge on any atom is -0.484 e. The Labute approximate surface area is 205 Å². The maximum absolute atomic E-state index is 13.5. The number of carbonyl (C=O) groups excluding carboxylic acids is 3. The number of ketones is 1. The lowest BCUT2D eigenvalue weighted by atomic mass is 9.60. The van der Waals surface area contributed by atoms with Gasteiger partial charge in [0.05, 0.1) is 30.1 Å². The number of nitrogens with one attached hydrogen (secondary N) is 2. The van der Waals surface area contributed by atoms with Gasteiger partial charge in [0, 0.05) is 18.0 Å². The van der Waals surface area contributed by atoms with Gasteiger partial charge in [-0.3, -0.25) is 14.4 Å². The number of amides is 2. The van der Waals surface area contributed by atoms with Crippen LogP contribution >= 0.6 is 11.6 Å². The van der Waals surface area contributed by atoms with Crippen molar-refractivity contribution in [1.29, 1.82) is 0 Å². The van der Waals surface area contributed by atoms with Crippen molar-refractivity contribution in [1.82, 2.24) is 20.6 Å². The molecule has 2 amide bonds. The molecule has 5 rings (SSSR count). The molecule has 0 aliphatic heterocycles. The number of methoxy groups -OCH3 is 1. The van der Waals surface area contributed by atoms with Gasteiger partial charge in [-0.2, -0.15) is 9.97 Å². The second-order valence-electron chi connectivity index (χ2n) is 8.62. The van der Waals surface area contributed by atoms with Crippen molar-refractivity contribution >= 4 is 29.2 Å². The van der Waals surface area contributed by atoms with E-state index in [0.29, 0.717) is 31.4 Å². The van der Waals surface area contributed by atoms with Crippen LogP contribution in [0.25, 0.3) is 0 Å². The molecule has 10 nitrogen and oxygen atoms in total. The Morgan fingerprint density at radius 3 is 2.26 bits per heavy atom. The average Bonchev–Trinajstić information content (AvgIpc) is 2.85. The van der Waals surface area contributed by atoms with Gasteiger partial charge >= 0.3 is 6.01 Å². The van der Waals surface area contributed by atoms with E-state index in [0.717, 1.165) is 6.07 Å². The molecule has 2 aromatic rings. The van der Waals surface area contributed by atoms with Crippen LogP contribution in [0, 0.1) is 5.82 Å². The fourth-order valence-electron chi connectivity index (χ4n) is 4.43. The van der Waals surface area contributed by atoms with Gasteiger partial charge in [0.15, 0.2) is 24.7 Å². The van der Waals surface area contributed by atoms with E-state index in [1.165, 1.54) is 31.6 Å². The number of carbonyl (C=O) groups is 3. The van der Waals surface area contributed by atoms with E-state index in [2.05, 4.69) is 20.6 Å². The van der Waals surface area contributed by atoms with Crippen molar-refractivity contribution < 1.29 is 33.0 Å². The molecule has 1 aromatic carbocycles. The van der Waals surface area contributed by atoms with Gasteiger partial charge in [-0.1, -0.05) is 11.6 Å². The number of Topliss-reactive ketones (excluding diaryl/α,β-unsaturated/α-hetero) is 1. The molecule has 1 heterocycles. The lowest BCUT2D eigenvalue weighted by molar-refractivity contribution is -0.143. The smallest absolute Gasteiger partial charge is 0.316 e. The zero-order valence-corrected chi connectivity index (χ0v) is 19.7. The second-order valence-corrected chi connectivity index (χ2v) is 9.02. The molecule has 0 atom stereocenters. The Morgan fingerprint density at radius 2 is 1.66 bits per heavy atom. The molecule has 0 unspecified atom stereocenters. The van der Waals surface area contributed by atoms with Crippen LogP contribution in [0.2, 0.25) is 5.02 Å². The van der Waals surface area contributed by atoms with Gasteiger partial charge in [-0.15, -0.1) is 0 Å². The maximum atomic E-state index is 13.5. The van der Waals surface area contributed by atoms with Gasteiger partial charge in [0.1, 0.15) is 11.6 Å². The summed E-state index contributed by atoms with van der Waals surface area (Å²) in [5.41, 5.74) is -1.66. The van der Waals surface area contributed by atoms with E-state index in [4.69, 9.17) is 25.8 Å². The molecule has 1 aromatic heterocycles. The van der Waals surface area contributed by atoms with E-state index >= 15 is 0 Å². The Balaban J connectivity index is 1.27. The third kappa shape index (κ3) is 5.61. The van der Waals surface area contributed by atoms with Crippen molar-refractivity contribution in [3.63, 3.8) is 0 Å². The summed E-state index contributed by atoms with van der Waals surface area (Å²) in [6.07, 6.45) is 4.73. The minimum atomic E-state index is -0.991. The van der Waals surface area contributed by atoms with Crippen LogP contribution in [0.5, 0.6) is 17.5 Å². The summed E-state index contributed by atoms with van der Waals surface area (Å²) in [6, 6.07) is 4.05. The van der Waals surface area contributed by atoms with Crippen LogP contribution in [0.4, 0.5) is 4.39 Å². The molecule has 0 saturated heterocycles. The molecule has 186 valence electrons. The van der Waals surface area contributed by atoms with Gasteiger partial charge in [-0.05, 0) is 37.8 Å². The Kier molecular flexibility index (Phi) is 7.06. The quantitative estimate of drug-likeness (QED) is 0.528. The Bertz CT molecular complexity index is 1120. The average molecular weight is 507 g/mol. The second kappa shape index (κ2) is 10.0. The van der Waals surface area contributed by atoms with Gasteiger partial charge in [-0.25, -0.2) is 4.39 Å². The van der Waals surface area contributed by atoms with E-state index < -0.39 is 22.8 Å². The summed E-state index contributed by atoms with van der Waals surface area (Å²) in [7, 11) is 1.44. The number of rotatable bonds is 9. The first-order valence-electron chi connectivity index (χ1n) is 10.9. The molecule has 3 fully saturated rings. The normalized spacial score (nSPS) is 22.9. The molecular formula is C23H24ClFN4O6. The topological polar surface area (TPSA) is 129 Å². The number of hydrogen-bond donors (Lipinski definition) is 2. The fourth-order valence-corrected chi connectivity index (χ4v) is 4.55. The monoisotopic (exact) mass is 506 g/mol. The van der Waals surface area contributed by atoms with Crippen molar-refractivity contribution in [2.45, 2.75) is 43.2 Å². The summed E-state index contributed by atoms with van der Waals surface area (Å²) in [6.45, 7) is -0.624. The van der Waals surface area contributed by atoms with Crippen LogP contribution in [-0.2, 0) is 14.4 Å². The summed E-state index contributed by atoms with van der Waals surface area (Å²) in [5.74, 6) is -1.18. The highest BCUT2D eigenvalue weighted by molar-refractivity contribution is 6.30. The number of fused-ring (bicyclic) bond motifs is 3. The van der Waals surface area contributed by atoms with E-state index in [1.807, 2.05) is 0 Å².